The van der Waals surface area contributed by atoms with E-state index >= 15 is 0 Å². The summed E-state index contributed by atoms with van der Waals surface area (Å²) >= 11 is 0. The van der Waals surface area contributed by atoms with E-state index in [1.807, 2.05) is 6.92 Å². The average molecular weight is 146 g/mol. The lowest BCUT2D eigenvalue weighted by Crippen LogP contribution is -1.75. The third-order valence-corrected chi connectivity index (χ3v) is 1.71. The van der Waals surface area contributed by atoms with Crippen LogP contribution in [0.2, 0.25) is 0 Å². The molecule has 0 atom stereocenters. The number of aromatic nitrogens is 3. The predicted octanol–water partition coefficient (Wildman–Crippen LogP) is 1.07. The van der Waals surface area contributed by atoms with Crippen molar-refractivity contribution in [3.05, 3.63) is 17.5 Å². The van der Waals surface area contributed by atoms with Gasteiger partial charge in [-0.15, -0.1) is 0 Å². The van der Waals surface area contributed by atoms with Crippen molar-refractivity contribution in [3.8, 4) is 6.07 Å². The molecule has 2 aromatic rings. The molecule has 0 unspecified atom stereocenters. The Morgan fingerprint density at radius 3 is 3.18 bits per heavy atom. The molecule has 0 aliphatic rings. The SMILES string of the molecule is Cc1[nH]c2[nH]ncc2c1C#N. The maximum atomic E-state index is 8.71. The second-order valence-corrected chi connectivity index (χ2v) is 2.40. The maximum Gasteiger partial charge on any atom is 0.134 e. The number of aryl methyl sites for hydroxylation is 1. The number of fused-ring (bicyclic) bond motifs is 1. The maximum absolute atomic E-state index is 8.71. The van der Waals surface area contributed by atoms with Gasteiger partial charge in [0.2, 0.25) is 0 Å². The number of hydrogen-bond donors (Lipinski definition) is 2. The number of H-pyrrole nitrogens is 2. The van der Waals surface area contributed by atoms with Crippen LogP contribution in [-0.4, -0.2) is 15.2 Å². The Kier molecular flexibility index (Phi) is 1.01. The summed E-state index contributed by atoms with van der Waals surface area (Å²) in [4.78, 5) is 3.02. The van der Waals surface area contributed by atoms with Crippen LogP contribution < -0.4 is 0 Å². The first-order valence-corrected chi connectivity index (χ1v) is 3.24. The summed E-state index contributed by atoms with van der Waals surface area (Å²) in [5.41, 5.74) is 2.38. The monoisotopic (exact) mass is 146 g/mol. The third-order valence-electron chi connectivity index (χ3n) is 1.71. The minimum absolute atomic E-state index is 0.675. The molecule has 0 bridgehead atoms. The van der Waals surface area contributed by atoms with Crippen LogP contribution in [-0.2, 0) is 0 Å². The Labute approximate surface area is 62.8 Å². The molecule has 0 saturated heterocycles. The predicted molar refractivity (Wildman–Crippen MR) is 39.9 cm³/mol. The Bertz CT molecular complexity index is 429. The molecule has 2 N–H and O–H groups in total. The van der Waals surface area contributed by atoms with Crippen LogP contribution in [0, 0.1) is 18.3 Å². The highest BCUT2D eigenvalue weighted by Crippen LogP contribution is 2.17. The first kappa shape index (κ1) is 5.98. The van der Waals surface area contributed by atoms with E-state index < -0.39 is 0 Å². The minimum Gasteiger partial charge on any atom is -0.343 e. The van der Waals surface area contributed by atoms with Gasteiger partial charge in [0.25, 0.3) is 0 Å². The summed E-state index contributed by atoms with van der Waals surface area (Å²) in [6.45, 7) is 1.87. The van der Waals surface area contributed by atoms with Gasteiger partial charge in [-0.25, -0.2) is 0 Å². The fourth-order valence-electron chi connectivity index (χ4n) is 1.17. The number of rotatable bonds is 0. The molecule has 0 aliphatic heterocycles. The van der Waals surface area contributed by atoms with E-state index in [1.54, 1.807) is 6.20 Å². The van der Waals surface area contributed by atoms with Crippen LogP contribution in [0.4, 0.5) is 0 Å². The molecule has 2 aromatic heterocycles. The van der Waals surface area contributed by atoms with Gasteiger partial charge in [-0.2, -0.15) is 10.4 Å². The van der Waals surface area contributed by atoms with Gasteiger partial charge < -0.3 is 4.98 Å². The number of aromatic amines is 2. The Balaban J connectivity index is 2.94. The van der Waals surface area contributed by atoms with Gasteiger partial charge in [-0.1, -0.05) is 0 Å². The summed E-state index contributed by atoms with van der Waals surface area (Å²) < 4.78 is 0. The van der Waals surface area contributed by atoms with Gasteiger partial charge in [-0.05, 0) is 6.92 Å². The van der Waals surface area contributed by atoms with Crippen molar-refractivity contribution in [1.29, 1.82) is 5.26 Å². The number of nitrogens with one attached hydrogen (secondary N) is 2. The van der Waals surface area contributed by atoms with Gasteiger partial charge in [0, 0.05) is 5.69 Å². The third kappa shape index (κ3) is 0.649. The van der Waals surface area contributed by atoms with Gasteiger partial charge >= 0.3 is 0 Å². The van der Waals surface area contributed by atoms with Crippen LogP contribution in [0.5, 0.6) is 0 Å². The van der Waals surface area contributed by atoms with Gasteiger partial charge in [0.15, 0.2) is 0 Å². The topological polar surface area (TPSA) is 68.3 Å². The molecule has 11 heavy (non-hydrogen) atoms. The van der Waals surface area contributed by atoms with Crippen LogP contribution in [0.15, 0.2) is 6.20 Å². The zero-order valence-corrected chi connectivity index (χ0v) is 5.97. The molecule has 2 heterocycles. The number of nitriles is 1. The van der Waals surface area contributed by atoms with E-state index in [0.717, 1.165) is 16.7 Å². The highest BCUT2D eigenvalue weighted by molar-refractivity contribution is 5.83. The largest absolute Gasteiger partial charge is 0.343 e. The van der Waals surface area contributed by atoms with Crippen LogP contribution in [0.25, 0.3) is 11.0 Å². The highest BCUT2D eigenvalue weighted by Gasteiger charge is 2.07. The van der Waals surface area contributed by atoms with Crippen molar-refractivity contribution in [2.75, 3.05) is 0 Å². The molecule has 0 radical (unpaired) electrons. The summed E-state index contributed by atoms with van der Waals surface area (Å²) in [5.74, 6) is 0. The molecule has 0 spiro atoms. The van der Waals surface area contributed by atoms with Crippen LogP contribution in [0.1, 0.15) is 11.3 Å². The number of hydrogen-bond acceptors (Lipinski definition) is 2. The summed E-state index contributed by atoms with van der Waals surface area (Å²) in [6, 6.07) is 2.11. The Morgan fingerprint density at radius 2 is 2.45 bits per heavy atom. The van der Waals surface area contributed by atoms with Crippen molar-refractivity contribution in [3.63, 3.8) is 0 Å². The first-order chi connectivity index (χ1) is 5.33. The van der Waals surface area contributed by atoms with E-state index in [9.17, 15) is 0 Å². The lowest BCUT2D eigenvalue weighted by atomic mass is 10.2. The Morgan fingerprint density at radius 1 is 1.64 bits per heavy atom. The zero-order valence-electron chi connectivity index (χ0n) is 5.97. The van der Waals surface area contributed by atoms with Crippen molar-refractivity contribution >= 4 is 11.0 Å². The molecule has 0 aromatic carbocycles. The molecule has 4 nitrogen and oxygen atoms in total. The highest BCUT2D eigenvalue weighted by atomic mass is 15.1. The second kappa shape index (κ2) is 1.86. The van der Waals surface area contributed by atoms with E-state index in [0.29, 0.717) is 5.56 Å². The standard InChI is InChI=1S/C7H6N4/c1-4-5(2-8)6-3-9-11-7(6)10-4/h3H,1H3,(H2,9,10,11). The second-order valence-electron chi connectivity index (χ2n) is 2.40. The quantitative estimate of drug-likeness (QED) is 0.583. The lowest BCUT2D eigenvalue weighted by Gasteiger charge is -1.81. The number of nitrogens with zero attached hydrogens (tertiary/aromatic N) is 2. The van der Waals surface area contributed by atoms with E-state index in [2.05, 4.69) is 21.3 Å². The summed E-state index contributed by atoms with van der Waals surface area (Å²) in [7, 11) is 0. The smallest absolute Gasteiger partial charge is 0.134 e. The Hall–Kier alpha value is -1.76. The average Bonchev–Trinajstić information content (AvgIpc) is 2.46. The van der Waals surface area contributed by atoms with E-state index in [-0.39, 0.29) is 0 Å². The van der Waals surface area contributed by atoms with E-state index in [1.165, 1.54) is 0 Å². The lowest BCUT2D eigenvalue weighted by molar-refractivity contribution is 1.09. The van der Waals surface area contributed by atoms with Gasteiger partial charge in [0.1, 0.15) is 11.7 Å². The van der Waals surface area contributed by atoms with E-state index in [4.69, 9.17) is 5.26 Å². The fraction of sp³-hybridized carbons (Fsp3) is 0.143. The molecule has 0 saturated carbocycles. The van der Waals surface area contributed by atoms with Crippen molar-refractivity contribution in [2.24, 2.45) is 0 Å². The first-order valence-electron chi connectivity index (χ1n) is 3.24. The summed E-state index contributed by atoms with van der Waals surface area (Å²) in [6.07, 6.45) is 1.65. The van der Waals surface area contributed by atoms with Gasteiger partial charge in [0.05, 0.1) is 17.1 Å². The molecule has 4 heteroatoms. The molecular weight excluding hydrogens is 140 g/mol. The minimum atomic E-state index is 0.675. The molecule has 2 rings (SSSR count). The summed E-state index contributed by atoms with van der Waals surface area (Å²) in [5, 5.41) is 16.1. The molecule has 0 amide bonds. The molecular formula is C7H6N4. The normalized spacial score (nSPS) is 10.2. The zero-order chi connectivity index (χ0) is 7.84. The molecule has 0 aliphatic carbocycles. The van der Waals surface area contributed by atoms with Crippen LogP contribution >= 0.6 is 0 Å². The molecule has 54 valence electrons. The molecule has 0 fully saturated rings. The van der Waals surface area contributed by atoms with Gasteiger partial charge in [-0.3, -0.25) is 5.10 Å². The fourth-order valence-corrected chi connectivity index (χ4v) is 1.17. The van der Waals surface area contributed by atoms with Crippen molar-refractivity contribution < 1.29 is 0 Å². The van der Waals surface area contributed by atoms with Crippen molar-refractivity contribution in [2.45, 2.75) is 6.92 Å². The van der Waals surface area contributed by atoms with Crippen molar-refractivity contribution in [1.82, 2.24) is 15.2 Å². The van der Waals surface area contributed by atoms with Crippen LogP contribution in [0.3, 0.4) is 0 Å².